The lowest BCUT2D eigenvalue weighted by atomic mass is 10.0. The van der Waals surface area contributed by atoms with Crippen LogP contribution in [0.2, 0.25) is 0 Å². The van der Waals surface area contributed by atoms with E-state index in [9.17, 15) is 4.39 Å². The fraction of sp³-hybridized carbons (Fsp3) is 0.538. The van der Waals surface area contributed by atoms with Gasteiger partial charge in [0.1, 0.15) is 5.60 Å². The number of rotatable bonds is 4. The highest BCUT2D eigenvalue weighted by Crippen LogP contribution is 2.26. The molecule has 0 heterocycles. The predicted molar refractivity (Wildman–Crippen MR) is 62.3 cm³/mol. The summed E-state index contributed by atoms with van der Waals surface area (Å²) in [5.74, 6) is 0.122. The molecule has 1 aromatic rings. The monoisotopic (exact) mass is 226 g/mol. The zero-order valence-corrected chi connectivity index (χ0v) is 10.2. The van der Waals surface area contributed by atoms with Crippen molar-refractivity contribution < 1.29 is 14.2 Å². The second-order valence-corrected chi connectivity index (χ2v) is 4.86. The van der Waals surface area contributed by atoms with Crippen LogP contribution < -0.4 is 4.74 Å². The third-order valence-corrected chi connectivity index (χ3v) is 2.39. The number of aliphatic hydroxyl groups is 1. The molecule has 0 amide bonds. The molecule has 0 aromatic heterocycles. The van der Waals surface area contributed by atoms with E-state index in [4.69, 9.17) is 9.84 Å². The van der Waals surface area contributed by atoms with Crippen LogP contribution in [0, 0.1) is 5.82 Å². The Kier molecular flexibility index (Phi) is 3.92. The summed E-state index contributed by atoms with van der Waals surface area (Å²) < 4.78 is 18.9. The van der Waals surface area contributed by atoms with Crippen molar-refractivity contribution in [3.63, 3.8) is 0 Å². The smallest absolute Gasteiger partial charge is 0.165 e. The summed E-state index contributed by atoms with van der Waals surface area (Å²) in [5.41, 5.74) is 0.251. The molecule has 1 aromatic carbocycles. The van der Waals surface area contributed by atoms with Gasteiger partial charge >= 0.3 is 0 Å². The van der Waals surface area contributed by atoms with Gasteiger partial charge in [0.2, 0.25) is 0 Å². The molecule has 0 radical (unpaired) electrons. The van der Waals surface area contributed by atoms with E-state index < -0.39 is 11.4 Å². The van der Waals surface area contributed by atoms with Crippen molar-refractivity contribution in [2.45, 2.75) is 39.2 Å². The summed E-state index contributed by atoms with van der Waals surface area (Å²) in [5, 5.41) is 9.08. The first kappa shape index (κ1) is 13.0. The van der Waals surface area contributed by atoms with E-state index in [1.165, 1.54) is 6.07 Å². The second kappa shape index (κ2) is 4.83. The molecular formula is C13H19FO2. The van der Waals surface area contributed by atoms with E-state index in [1.807, 2.05) is 13.8 Å². The fourth-order valence-electron chi connectivity index (χ4n) is 1.29. The largest absolute Gasteiger partial charge is 0.482 e. The molecule has 0 aliphatic rings. The Morgan fingerprint density at radius 3 is 2.50 bits per heavy atom. The number of halogens is 1. The molecular weight excluding hydrogens is 207 g/mol. The maximum atomic E-state index is 13.5. The van der Waals surface area contributed by atoms with E-state index >= 15 is 0 Å². The van der Waals surface area contributed by atoms with Crippen LogP contribution in [0.25, 0.3) is 0 Å². The van der Waals surface area contributed by atoms with Crippen molar-refractivity contribution in [2.24, 2.45) is 0 Å². The molecule has 0 fully saturated rings. The highest BCUT2D eigenvalue weighted by Gasteiger charge is 2.20. The lowest BCUT2D eigenvalue weighted by Gasteiger charge is -2.24. The van der Waals surface area contributed by atoms with Crippen LogP contribution in [0.3, 0.4) is 0 Å². The Bertz CT molecular complexity index is 359. The Morgan fingerprint density at radius 2 is 2.00 bits per heavy atom. The molecule has 3 heteroatoms. The molecule has 16 heavy (non-hydrogen) atoms. The van der Waals surface area contributed by atoms with Gasteiger partial charge in [-0.15, -0.1) is 0 Å². The minimum absolute atomic E-state index is 0.154. The van der Waals surface area contributed by atoms with Gasteiger partial charge in [0, 0.05) is 0 Å². The number of hydrogen-bond donors (Lipinski definition) is 1. The Hall–Kier alpha value is -1.09. The SMILES string of the molecule is CC(C)c1ccc(F)c(OC(C)(C)CO)c1. The minimum atomic E-state index is -0.767. The quantitative estimate of drug-likeness (QED) is 0.854. The predicted octanol–water partition coefficient (Wildman–Crippen LogP) is 3.10. The van der Waals surface area contributed by atoms with E-state index in [1.54, 1.807) is 26.0 Å². The van der Waals surface area contributed by atoms with Gasteiger partial charge in [-0.3, -0.25) is 0 Å². The fourth-order valence-corrected chi connectivity index (χ4v) is 1.29. The molecule has 0 saturated carbocycles. The Morgan fingerprint density at radius 1 is 1.38 bits per heavy atom. The summed E-state index contributed by atoms with van der Waals surface area (Å²) in [4.78, 5) is 0. The first-order valence-corrected chi connectivity index (χ1v) is 5.45. The minimum Gasteiger partial charge on any atom is -0.482 e. The normalized spacial score (nSPS) is 11.9. The highest BCUT2D eigenvalue weighted by atomic mass is 19.1. The van der Waals surface area contributed by atoms with Crippen LogP contribution in [-0.2, 0) is 0 Å². The maximum absolute atomic E-state index is 13.5. The molecule has 1 rings (SSSR count). The summed E-state index contributed by atoms with van der Waals surface area (Å²) in [6.07, 6.45) is 0. The summed E-state index contributed by atoms with van der Waals surface area (Å²) in [7, 11) is 0. The molecule has 0 spiro atoms. The molecule has 90 valence electrons. The first-order chi connectivity index (χ1) is 7.35. The zero-order chi connectivity index (χ0) is 12.3. The molecule has 2 nitrogen and oxygen atoms in total. The molecule has 1 N–H and O–H groups in total. The van der Waals surface area contributed by atoms with Crippen molar-refractivity contribution in [3.8, 4) is 5.75 Å². The standard InChI is InChI=1S/C13H19FO2/c1-9(2)10-5-6-11(14)12(7-10)16-13(3,4)8-15/h5-7,9,15H,8H2,1-4H3. The van der Waals surface area contributed by atoms with Gasteiger partial charge in [0.05, 0.1) is 6.61 Å². The number of aliphatic hydroxyl groups excluding tert-OH is 1. The summed E-state index contributed by atoms with van der Waals surface area (Å²) in [6.45, 7) is 7.35. The molecule has 0 atom stereocenters. The van der Waals surface area contributed by atoms with Crippen LogP contribution in [0.1, 0.15) is 39.2 Å². The molecule has 0 aliphatic carbocycles. The van der Waals surface area contributed by atoms with E-state index in [2.05, 4.69) is 0 Å². The van der Waals surface area contributed by atoms with Gasteiger partial charge in [-0.1, -0.05) is 19.9 Å². The van der Waals surface area contributed by atoms with Crippen LogP contribution >= 0.6 is 0 Å². The van der Waals surface area contributed by atoms with Gasteiger partial charge in [0.25, 0.3) is 0 Å². The highest BCUT2D eigenvalue weighted by molar-refractivity contribution is 5.32. The number of ether oxygens (including phenoxy) is 1. The van der Waals surface area contributed by atoms with Crippen LogP contribution in [0.5, 0.6) is 5.75 Å². The van der Waals surface area contributed by atoms with Crippen molar-refractivity contribution in [3.05, 3.63) is 29.6 Å². The summed E-state index contributed by atoms with van der Waals surface area (Å²) >= 11 is 0. The van der Waals surface area contributed by atoms with Crippen molar-refractivity contribution in [1.29, 1.82) is 0 Å². The third-order valence-electron chi connectivity index (χ3n) is 2.39. The third kappa shape index (κ3) is 3.20. The number of benzene rings is 1. The molecule has 0 saturated heterocycles. The van der Waals surface area contributed by atoms with Gasteiger partial charge in [0.15, 0.2) is 11.6 Å². The van der Waals surface area contributed by atoms with E-state index in [-0.39, 0.29) is 12.4 Å². The van der Waals surface area contributed by atoms with Crippen LogP contribution in [0.15, 0.2) is 18.2 Å². The lowest BCUT2D eigenvalue weighted by molar-refractivity contribution is 0.0378. The summed E-state index contributed by atoms with van der Waals surface area (Å²) in [6, 6.07) is 4.84. The second-order valence-electron chi connectivity index (χ2n) is 4.86. The average Bonchev–Trinajstić information content (AvgIpc) is 2.21. The first-order valence-electron chi connectivity index (χ1n) is 5.45. The Balaban J connectivity index is 2.99. The van der Waals surface area contributed by atoms with Gasteiger partial charge in [-0.2, -0.15) is 0 Å². The van der Waals surface area contributed by atoms with E-state index in [0.29, 0.717) is 5.92 Å². The van der Waals surface area contributed by atoms with E-state index in [0.717, 1.165) is 5.56 Å². The van der Waals surface area contributed by atoms with Gasteiger partial charge in [-0.25, -0.2) is 4.39 Å². The van der Waals surface area contributed by atoms with Crippen molar-refractivity contribution in [2.75, 3.05) is 6.61 Å². The average molecular weight is 226 g/mol. The molecule has 0 aliphatic heterocycles. The van der Waals surface area contributed by atoms with Crippen molar-refractivity contribution >= 4 is 0 Å². The number of hydrogen-bond acceptors (Lipinski definition) is 2. The maximum Gasteiger partial charge on any atom is 0.165 e. The van der Waals surface area contributed by atoms with Gasteiger partial charge in [-0.05, 0) is 37.5 Å². The lowest BCUT2D eigenvalue weighted by Crippen LogP contribution is -2.32. The van der Waals surface area contributed by atoms with Gasteiger partial charge < -0.3 is 9.84 Å². The molecule has 0 bridgehead atoms. The zero-order valence-electron chi connectivity index (χ0n) is 10.2. The van der Waals surface area contributed by atoms with Crippen molar-refractivity contribution in [1.82, 2.24) is 0 Å². The topological polar surface area (TPSA) is 29.5 Å². The Labute approximate surface area is 96.1 Å². The molecule has 0 unspecified atom stereocenters. The van der Waals surface area contributed by atoms with Crippen LogP contribution in [0.4, 0.5) is 4.39 Å². The van der Waals surface area contributed by atoms with Crippen LogP contribution in [-0.4, -0.2) is 17.3 Å².